The molecule has 13 heavy (non-hydrogen) atoms. The molecule has 0 amide bonds. The third-order valence-corrected chi connectivity index (χ3v) is 1.88. The van der Waals surface area contributed by atoms with Gasteiger partial charge < -0.3 is 0 Å². The first-order valence-electron chi connectivity index (χ1n) is 4.07. The maximum absolute atomic E-state index is 2.12. The molecular weight excluding hydrogens is 247 g/mol. The Balaban J connectivity index is 0.000000845. The first-order valence-corrected chi connectivity index (χ1v) is 4.07. The molecule has 0 N–H and O–H groups in total. The zero-order valence-electron chi connectivity index (χ0n) is 7.11. The monoisotopic (exact) mass is 257 g/mol. The van der Waals surface area contributed by atoms with E-state index < -0.39 is 0 Å². The second kappa shape index (κ2) is 4.94. The minimum atomic E-state index is 0. The van der Waals surface area contributed by atoms with E-state index in [0.29, 0.717) is 0 Å². The van der Waals surface area contributed by atoms with Crippen LogP contribution in [0.3, 0.4) is 0 Å². The van der Waals surface area contributed by atoms with Crippen LogP contribution in [0.4, 0.5) is 0 Å². The molecule has 0 aromatic heterocycles. The molecule has 0 unspecified atom stereocenters. The number of hydrogen-bond donors (Lipinski definition) is 0. The summed E-state index contributed by atoms with van der Waals surface area (Å²) in [4.78, 5) is 0. The molecule has 0 bridgehead atoms. The summed E-state index contributed by atoms with van der Waals surface area (Å²) >= 11 is 0. The van der Waals surface area contributed by atoms with Gasteiger partial charge in [-0.3, -0.25) is 0 Å². The molecule has 0 saturated carbocycles. The van der Waals surface area contributed by atoms with Crippen LogP contribution in [0.1, 0.15) is 0 Å². The molecule has 0 aliphatic heterocycles. The van der Waals surface area contributed by atoms with E-state index in [1.807, 2.05) is 12.1 Å². The zero-order chi connectivity index (χ0) is 8.23. The van der Waals surface area contributed by atoms with Crippen LogP contribution in [-0.2, 0) is 19.5 Å². The van der Waals surface area contributed by atoms with Crippen molar-refractivity contribution in [3.63, 3.8) is 0 Å². The van der Waals surface area contributed by atoms with Gasteiger partial charge >= 0.3 is 0 Å². The van der Waals surface area contributed by atoms with Gasteiger partial charge in [-0.05, 0) is 11.1 Å². The Morgan fingerprint density at radius 2 is 0.769 bits per heavy atom. The standard InChI is InChI=1S/C12H10.Rh/c1-3-7-11(8-4-1)12-9-5-2-6-10-12;/h1-10H;. The fraction of sp³-hybridized carbons (Fsp3) is 0. The molecule has 2 aromatic rings. The van der Waals surface area contributed by atoms with Crippen LogP contribution in [0, 0.1) is 0 Å². The predicted molar refractivity (Wildman–Crippen MR) is 51.9 cm³/mol. The van der Waals surface area contributed by atoms with Gasteiger partial charge in [0.2, 0.25) is 0 Å². The Hall–Kier alpha value is -0.937. The van der Waals surface area contributed by atoms with E-state index in [1.165, 1.54) is 11.1 Å². The Bertz CT molecular complexity index is 303. The normalized spacial score (nSPS) is 8.92. The van der Waals surface area contributed by atoms with Gasteiger partial charge in [0, 0.05) is 19.5 Å². The Morgan fingerprint density at radius 3 is 1.08 bits per heavy atom. The van der Waals surface area contributed by atoms with E-state index in [0.717, 1.165) is 0 Å². The summed E-state index contributed by atoms with van der Waals surface area (Å²) in [6, 6.07) is 20.8. The average Bonchev–Trinajstić information content (AvgIpc) is 2.21. The molecule has 1 radical (unpaired) electrons. The third-order valence-electron chi connectivity index (χ3n) is 1.88. The van der Waals surface area contributed by atoms with Crippen molar-refractivity contribution in [2.75, 3.05) is 0 Å². The Morgan fingerprint density at radius 1 is 0.462 bits per heavy atom. The second-order valence-electron chi connectivity index (χ2n) is 2.73. The smallest absolute Gasteiger partial charge is 0 e. The van der Waals surface area contributed by atoms with E-state index in [-0.39, 0.29) is 19.5 Å². The summed E-state index contributed by atoms with van der Waals surface area (Å²) in [6.07, 6.45) is 0. The van der Waals surface area contributed by atoms with E-state index in [1.54, 1.807) is 0 Å². The molecule has 0 aliphatic rings. The van der Waals surface area contributed by atoms with Gasteiger partial charge in [0.1, 0.15) is 0 Å². The van der Waals surface area contributed by atoms with Gasteiger partial charge in [0.25, 0.3) is 0 Å². The van der Waals surface area contributed by atoms with E-state index in [9.17, 15) is 0 Å². The van der Waals surface area contributed by atoms with Crippen molar-refractivity contribution in [2.45, 2.75) is 0 Å². The minimum Gasteiger partial charge on any atom is -0.0622 e. The molecule has 0 fully saturated rings. The minimum absolute atomic E-state index is 0. The topological polar surface area (TPSA) is 0 Å². The summed E-state index contributed by atoms with van der Waals surface area (Å²) in [5.41, 5.74) is 2.55. The maximum atomic E-state index is 2.12. The number of hydrogen-bond acceptors (Lipinski definition) is 0. The molecule has 0 atom stereocenters. The maximum Gasteiger partial charge on any atom is 0 e. The van der Waals surface area contributed by atoms with Crippen molar-refractivity contribution < 1.29 is 19.5 Å². The van der Waals surface area contributed by atoms with Crippen LogP contribution >= 0.6 is 0 Å². The number of rotatable bonds is 1. The molecule has 0 saturated heterocycles. The predicted octanol–water partition coefficient (Wildman–Crippen LogP) is 3.35. The largest absolute Gasteiger partial charge is 0.0622 e. The van der Waals surface area contributed by atoms with Crippen LogP contribution in [-0.4, -0.2) is 0 Å². The molecule has 67 valence electrons. The van der Waals surface area contributed by atoms with Gasteiger partial charge in [-0.1, -0.05) is 60.7 Å². The van der Waals surface area contributed by atoms with Crippen molar-refractivity contribution in [1.29, 1.82) is 0 Å². The fourth-order valence-electron chi connectivity index (χ4n) is 1.26. The van der Waals surface area contributed by atoms with Gasteiger partial charge in [-0.2, -0.15) is 0 Å². The molecule has 0 nitrogen and oxygen atoms in total. The van der Waals surface area contributed by atoms with Crippen molar-refractivity contribution in [3.05, 3.63) is 60.7 Å². The summed E-state index contributed by atoms with van der Waals surface area (Å²) in [5.74, 6) is 0. The SMILES string of the molecule is [Rh].c1ccc(-c2ccccc2)cc1. The van der Waals surface area contributed by atoms with Crippen molar-refractivity contribution in [3.8, 4) is 11.1 Å². The van der Waals surface area contributed by atoms with Gasteiger partial charge in [-0.15, -0.1) is 0 Å². The first kappa shape index (κ1) is 10.1. The Kier molecular flexibility index (Phi) is 3.85. The van der Waals surface area contributed by atoms with Crippen molar-refractivity contribution in [1.82, 2.24) is 0 Å². The van der Waals surface area contributed by atoms with Crippen molar-refractivity contribution in [2.24, 2.45) is 0 Å². The molecular formula is C12H10Rh. The zero-order valence-corrected chi connectivity index (χ0v) is 8.75. The molecule has 0 spiro atoms. The summed E-state index contributed by atoms with van der Waals surface area (Å²) < 4.78 is 0. The average molecular weight is 257 g/mol. The van der Waals surface area contributed by atoms with Gasteiger partial charge in [-0.25, -0.2) is 0 Å². The fourth-order valence-corrected chi connectivity index (χ4v) is 1.26. The quantitative estimate of drug-likeness (QED) is 0.687. The second-order valence-corrected chi connectivity index (χ2v) is 2.73. The third kappa shape index (κ3) is 2.50. The summed E-state index contributed by atoms with van der Waals surface area (Å²) in [5, 5.41) is 0. The van der Waals surface area contributed by atoms with E-state index >= 15 is 0 Å². The molecule has 0 aliphatic carbocycles. The van der Waals surface area contributed by atoms with Gasteiger partial charge in [0.15, 0.2) is 0 Å². The first-order chi connectivity index (χ1) is 5.97. The van der Waals surface area contributed by atoms with E-state index in [4.69, 9.17) is 0 Å². The van der Waals surface area contributed by atoms with Crippen LogP contribution < -0.4 is 0 Å². The van der Waals surface area contributed by atoms with E-state index in [2.05, 4.69) is 48.5 Å². The number of benzene rings is 2. The summed E-state index contributed by atoms with van der Waals surface area (Å²) in [6.45, 7) is 0. The Labute approximate surface area is 91.4 Å². The summed E-state index contributed by atoms with van der Waals surface area (Å²) in [7, 11) is 0. The van der Waals surface area contributed by atoms with Crippen LogP contribution in [0.15, 0.2) is 60.7 Å². The van der Waals surface area contributed by atoms with Crippen LogP contribution in [0.5, 0.6) is 0 Å². The molecule has 2 aromatic carbocycles. The molecule has 1 heteroatoms. The van der Waals surface area contributed by atoms with Crippen LogP contribution in [0.2, 0.25) is 0 Å². The van der Waals surface area contributed by atoms with Gasteiger partial charge in [0.05, 0.1) is 0 Å². The molecule has 2 rings (SSSR count). The van der Waals surface area contributed by atoms with Crippen LogP contribution in [0.25, 0.3) is 11.1 Å². The van der Waals surface area contributed by atoms with Crippen molar-refractivity contribution >= 4 is 0 Å². The molecule has 0 heterocycles.